The first-order valence-electron chi connectivity index (χ1n) is 8.93. The van der Waals surface area contributed by atoms with E-state index in [-0.39, 0.29) is 37.6 Å². The first-order valence-corrected chi connectivity index (χ1v) is 8.93. The maximum atomic E-state index is 13.1. The number of carbonyl (C=O) groups is 1. The van der Waals surface area contributed by atoms with Crippen LogP contribution in [-0.2, 0) is 11.3 Å². The second-order valence-electron chi connectivity index (χ2n) is 6.79. The number of fused-ring (bicyclic) bond motifs is 2. The highest BCUT2D eigenvalue weighted by Crippen LogP contribution is 2.36. The fourth-order valence-electron chi connectivity index (χ4n) is 3.75. The molecule has 1 amide bonds. The summed E-state index contributed by atoms with van der Waals surface area (Å²) in [6.45, 7) is 0.220. The van der Waals surface area contributed by atoms with Crippen molar-refractivity contribution in [3.05, 3.63) is 59.5 Å². The molecule has 2 aliphatic heterocycles. The molecule has 2 aliphatic rings. The number of piperidine rings is 1. The third-order valence-electron chi connectivity index (χ3n) is 5.00. The Morgan fingerprint density at radius 1 is 1.15 bits per heavy atom. The zero-order valence-electron chi connectivity index (χ0n) is 14.5. The molecule has 0 spiro atoms. The van der Waals surface area contributed by atoms with Crippen molar-refractivity contribution in [2.45, 2.75) is 57.2 Å². The summed E-state index contributed by atoms with van der Waals surface area (Å²) in [6.07, 6.45) is 2.60. The maximum Gasteiger partial charge on any atom is 0.410 e. The van der Waals surface area contributed by atoms with Crippen molar-refractivity contribution in [1.29, 1.82) is 0 Å². The van der Waals surface area contributed by atoms with Crippen LogP contribution in [0.1, 0.15) is 44.1 Å². The average Bonchev–Trinajstić information content (AvgIpc) is 2.64. The molecule has 0 aliphatic carbocycles. The molecule has 0 N–H and O–H groups in total. The van der Waals surface area contributed by atoms with Gasteiger partial charge in [-0.3, -0.25) is 4.90 Å². The largest absolute Gasteiger partial charge is 0.445 e. The van der Waals surface area contributed by atoms with Crippen LogP contribution < -0.4 is 0 Å². The van der Waals surface area contributed by atoms with Gasteiger partial charge in [-0.25, -0.2) is 9.18 Å². The molecular weight excluding hydrogens is 343 g/mol. The van der Waals surface area contributed by atoms with E-state index in [1.54, 1.807) is 4.90 Å². The van der Waals surface area contributed by atoms with Crippen molar-refractivity contribution >= 4 is 6.09 Å². The molecule has 1 fully saturated rings. The highest BCUT2D eigenvalue weighted by Gasteiger charge is 2.37. The molecule has 26 heavy (non-hydrogen) atoms. The number of amides is 1. The van der Waals surface area contributed by atoms with Crippen LogP contribution >= 0.6 is 0 Å². The van der Waals surface area contributed by atoms with E-state index in [9.17, 15) is 18.0 Å². The van der Waals surface area contributed by atoms with E-state index in [1.165, 1.54) is 0 Å². The highest BCUT2D eigenvalue weighted by molar-refractivity contribution is 5.69. The van der Waals surface area contributed by atoms with Crippen LogP contribution in [0.3, 0.4) is 0 Å². The van der Waals surface area contributed by atoms with Crippen LogP contribution in [0.5, 0.6) is 0 Å². The van der Waals surface area contributed by atoms with E-state index < -0.39 is 11.9 Å². The number of nitrogens with zero attached hydrogens (tertiary/aromatic N) is 1. The van der Waals surface area contributed by atoms with Gasteiger partial charge in [-0.1, -0.05) is 42.0 Å². The Hall–Kier alpha value is -2.24. The molecule has 0 aromatic heterocycles. The van der Waals surface area contributed by atoms with E-state index in [0.29, 0.717) is 6.42 Å². The van der Waals surface area contributed by atoms with Gasteiger partial charge >= 0.3 is 12.2 Å². The van der Waals surface area contributed by atoms with Crippen molar-refractivity contribution in [1.82, 2.24) is 4.90 Å². The molecule has 0 saturated carbocycles. The summed E-state index contributed by atoms with van der Waals surface area (Å²) in [5.74, 6) is -1.35. The Balaban J connectivity index is 1.62. The minimum absolute atomic E-state index is 0.000660. The lowest BCUT2D eigenvalue weighted by atomic mass is 9.84. The molecule has 3 nitrogen and oxygen atoms in total. The van der Waals surface area contributed by atoms with Crippen molar-refractivity contribution in [2.75, 3.05) is 0 Å². The van der Waals surface area contributed by atoms with Gasteiger partial charge in [-0.2, -0.15) is 8.78 Å². The van der Waals surface area contributed by atoms with Gasteiger partial charge in [0.25, 0.3) is 0 Å². The van der Waals surface area contributed by atoms with Gasteiger partial charge in [0.2, 0.25) is 0 Å². The quantitative estimate of drug-likeness (QED) is 0.623. The third kappa shape index (κ3) is 4.48. The normalized spacial score (nSPS) is 21.8. The number of benzene rings is 1. The summed E-state index contributed by atoms with van der Waals surface area (Å²) in [4.78, 5) is 14.3. The zero-order chi connectivity index (χ0) is 18.5. The van der Waals surface area contributed by atoms with Crippen LogP contribution in [-0.4, -0.2) is 23.1 Å². The fourth-order valence-corrected chi connectivity index (χ4v) is 3.75. The Bertz CT molecular complexity index is 698. The van der Waals surface area contributed by atoms with Crippen molar-refractivity contribution in [3.63, 3.8) is 0 Å². The lowest BCUT2D eigenvalue weighted by molar-refractivity contribution is 0.0479. The molecule has 140 valence electrons. The van der Waals surface area contributed by atoms with Gasteiger partial charge in [0.1, 0.15) is 6.61 Å². The molecule has 1 saturated heterocycles. The smallest absolute Gasteiger partial charge is 0.410 e. The van der Waals surface area contributed by atoms with Crippen LogP contribution in [0.2, 0.25) is 0 Å². The Morgan fingerprint density at radius 2 is 1.92 bits per heavy atom. The van der Waals surface area contributed by atoms with Gasteiger partial charge < -0.3 is 4.74 Å². The van der Waals surface area contributed by atoms with E-state index in [0.717, 1.165) is 30.4 Å². The van der Waals surface area contributed by atoms with Gasteiger partial charge in [0, 0.05) is 12.5 Å². The average molecular weight is 365 g/mol. The maximum absolute atomic E-state index is 13.1. The SMILES string of the molecule is O=C(OCc1ccccc1)N1C2C=C(CCC(F)=C(F)F)CC1CCC2. The Morgan fingerprint density at radius 3 is 2.62 bits per heavy atom. The van der Waals surface area contributed by atoms with E-state index >= 15 is 0 Å². The number of halogens is 3. The lowest BCUT2D eigenvalue weighted by Crippen LogP contribution is -2.51. The van der Waals surface area contributed by atoms with Gasteiger partial charge in [0.05, 0.1) is 6.04 Å². The van der Waals surface area contributed by atoms with Crippen LogP contribution in [0, 0.1) is 0 Å². The van der Waals surface area contributed by atoms with Gasteiger partial charge in [-0.15, -0.1) is 0 Å². The summed E-state index contributed by atoms with van der Waals surface area (Å²) < 4.78 is 43.0. The predicted octanol–water partition coefficient (Wildman–Crippen LogP) is 5.73. The summed E-state index contributed by atoms with van der Waals surface area (Å²) in [6, 6.07) is 9.38. The second-order valence-corrected chi connectivity index (χ2v) is 6.79. The van der Waals surface area contributed by atoms with E-state index in [2.05, 4.69) is 0 Å². The number of carbonyl (C=O) groups excluding carboxylic acids is 1. The predicted molar refractivity (Wildman–Crippen MR) is 92.2 cm³/mol. The zero-order valence-corrected chi connectivity index (χ0v) is 14.5. The first-order chi connectivity index (χ1) is 12.5. The monoisotopic (exact) mass is 365 g/mol. The number of hydrogen-bond acceptors (Lipinski definition) is 2. The Kier molecular flexibility index (Phi) is 6.01. The van der Waals surface area contributed by atoms with Crippen LogP contribution in [0.25, 0.3) is 0 Å². The molecule has 6 heteroatoms. The lowest BCUT2D eigenvalue weighted by Gasteiger charge is -2.44. The molecule has 3 rings (SSSR count). The summed E-state index contributed by atoms with van der Waals surface area (Å²) >= 11 is 0. The molecule has 0 radical (unpaired) electrons. The fraction of sp³-hybridized carbons (Fsp3) is 0.450. The van der Waals surface area contributed by atoms with E-state index in [1.807, 2.05) is 36.4 Å². The molecule has 1 aromatic carbocycles. The molecular formula is C20H22F3NO2. The minimum atomic E-state index is -2.24. The Labute approximate surface area is 151 Å². The second kappa shape index (κ2) is 8.43. The molecule has 2 bridgehead atoms. The minimum Gasteiger partial charge on any atom is -0.445 e. The molecule has 2 unspecified atom stereocenters. The number of allylic oxidation sites excluding steroid dienone is 1. The third-order valence-corrected chi connectivity index (χ3v) is 5.00. The number of ether oxygens (including phenoxy) is 1. The van der Waals surface area contributed by atoms with Crippen molar-refractivity contribution in [2.24, 2.45) is 0 Å². The topological polar surface area (TPSA) is 29.5 Å². The van der Waals surface area contributed by atoms with Gasteiger partial charge in [0.15, 0.2) is 5.83 Å². The van der Waals surface area contributed by atoms with Crippen molar-refractivity contribution in [3.8, 4) is 0 Å². The van der Waals surface area contributed by atoms with Gasteiger partial charge in [-0.05, 0) is 37.7 Å². The van der Waals surface area contributed by atoms with E-state index in [4.69, 9.17) is 4.74 Å². The first kappa shape index (κ1) is 18.5. The molecule has 2 heterocycles. The van der Waals surface area contributed by atoms with Crippen LogP contribution in [0.4, 0.5) is 18.0 Å². The standard InChI is InChI=1S/C20H22F3NO2/c21-18(19(22)23)10-9-15-11-16-7-4-8-17(12-15)24(16)20(25)26-13-14-5-2-1-3-6-14/h1-3,5-6,11,16-17H,4,7-10,12-13H2. The summed E-state index contributed by atoms with van der Waals surface area (Å²) in [5, 5.41) is 0. The van der Waals surface area contributed by atoms with Crippen LogP contribution in [0.15, 0.2) is 53.9 Å². The van der Waals surface area contributed by atoms with Crippen molar-refractivity contribution < 1.29 is 22.7 Å². The number of hydrogen-bond donors (Lipinski definition) is 0. The summed E-state index contributed by atoms with van der Waals surface area (Å²) in [5.41, 5.74) is 1.87. The molecule has 2 atom stereocenters. The summed E-state index contributed by atoms with van der Waals surface area (Å²) in [7, 11) is 0. The highest BCUT2D eigenvalue weighted by atomic mass is 19.3. The number of rotatable bonds is 5. The molecule has 1 aromatic rings.